The van der Waals surface area contributed by atoms with E-state index in [1.165, 1.54) is 11.3 Å². The molecule has 0 aliphatic heterocycles. The van der Waals surface area contributed by atoms with Gasteiger partial charge in [0.2, 0.25) is 0 Å². The summed E-state index contributed by atoms with van der Waals surface area (Å²) in [5.41, 5.74) is 0.609. The minimum atomic E-state index is -5.22. The number of aryl methyl sites for hydroxylation is 2. The van der Waals surface area contributed by atoms with Gasteiger partial charge in [0.1, 0.15) is 23.0 Å². The molecule has 1 amide bonds. The molecule has 1 atom stereocenters. The Balaban J connectivity index is 2.74. The third-order valence-corrected chi connectivity index (χ3v) is 4.49. The van der Waals surface area contributed by atoms with E-state index in [-0.39, 0.29) is 16.1 Å². The van der Waals surface area contributed by atoms with Crippen LogP contribution < -0.4 is 4.90 Å². The van der Waals surface area contributed by atoms with E-state index in [9.17, 15) is 22.8 Å². The Morgan fingerprint density at radius 2 is 1.91 bits per heavy atom. The van der Waals surface area contributed by atoms with Crippen molar-refractivity contribution in [3.8, 4) is 0 Å². The van der Waals surface area contributed by atoms with E-state index in [2.05, 4.69) is 9.97 Å². The Morgan fingerprint density at radius 1 is 1.30 bits per heavy atom. The molecule has 6 nitrogen and oxygen atoms in total. The van der Waals surface area contributed by atoms with E-state index in [1.807, 2.05) is 0 Å². The highest BCUT2D eigenvalue weighted by Crippen LogP contribution is 2.36. The number of hydrogen-bond donors (Lipinski definition) is 1. The number of nitrogens with zero attached hydrogens (tertiary/aromatic N) is 3. The molecule has 2 heterocycles. The van der Waals surface area contributed by atoms with Crippen LogP contribution in [0.15, 0.2) is 6.33 Å². The molecule has 0 bridgehead atoms. The van der Waals surface area contributed by atoms with Gasteiger partial charge in [-0.15, -0.1) is 11.3 Å². The quantitative estimate of drug-likeness (QED) is 0.923. The number of aromatic nitrogens is 2. The number of carbonyl (C=O) groups excluding carboxylic acids is 1. The number of aliphatic carboxylic acids is 1. The first-order valence-electron chi connectivity index (χ1n) is 6.39. The van der Waals surface area contributed by atoms with Crippen LogP contribution in [0.2, 0.25) is 0 Å². The third-order valence-electron chi connectivity index (χ3n) is 3.38. The molecule has 0 aromatic carbocycles. The first-order chi connectivity index (χ1) is 10.6. The molecule has 2 rings (SSSR count). The van der Waals surface area contributed by atoms with Crippen LogP contribution in [0, 0.1) is 13.8 Å². The van der Waals surface area contributed by atoms with Crippen molar-refractivity contribution in [3.05, 3.63) is 16.8 Å². The van der Waals surface area contributed by atoms with Gasteiger partial charge >= 0.3 is 18.1 Å². The number of rotatable bonds is 3. The molecule has 0 saturated heterocycles. The number of thiophene rings is 1. The average molecular weight is 347 g/mol. The molecule has 124 valence electrons. The summed E-state index contributed by atoms with van der Waals surface area (Å²) in [5, 5.41) is 9.32. The standard InChI is InChI=1S/C13H12F3N3O3S/c1-5-7(3)23-10-8(5)9(17-4-18-10)19(6(2)11(20)21)12(22)13(14,15)16/h4,6H,1-3H3,(H,20,21)/t6-/m1/s1. The normalized spacial score (nSPS) is 13.1. The molecule has 23 heavy (non-hydrogen) atoms. The van der Waals surface area contributed by atoms with Gasteiger partial charge in [0.05, 0.1) is 5.39 Å². The maximum atomic E-state index is 12.9. The number of alkyl halides is 3. The lowest BCUT2D eigenvalue weighted by molar-refractivity contribution is -0.171. The molecule has 0 radical (unpaired) electrons. The van der Waals surface area contributed by atoms with Gasteiger partial charge in [-0.2, -0.15) is 13.2 Å². The predicted molar refractivity (Wildman–Crippen MR) is 77.5 cm³/mol. The first-order valence-corrected chi connectivity index (χ1v) is 7.21. The van der Waals surface area contributed by atoms with Crippen molar-refractivity contribution in [2.75, 3.05) is 4.90 Å². The van der Waals surface area contributed by atoms with Gasteiger partial charge in [0.15, 0.2) is 0 Å². The van der Waals surface area contributed by atoms with Gasteiger partial charge in [-0.3, -0.25) is 9.69 Å². The molecule has 0 unspecified atom stereocenters. The van der Waals surface area contributed by atoms with Gasteiger partial charge < -0.3 is 5.11 Å². The molecule has 2 aromatic heterocycles. The predicted octanol–water partition coefficient (Wildman–Crippen LogP) is 2.68. The van der Waals surface area contributed by atoms with E-state index in [1.54, 1.807) is 13.8 Å². The van der Waals surface area contributed by atoms with Crippen molar-refractivity contribution in [1.82, 2.24) is 9.97 Å². The summed E-state index contributed by atoms with van der Waals surface area (Å²) in [6, 6.07) is -1.73. The topological polar surface area (TPSA) is 83.4 Å². The van der Waals surface area contributed by atoms with Crippen LogP contribution in [0.4, 0.5) is 19.0 Å². The Bertz CT molecular complexity index is 788. The lowest BCUT2D eigenvalue weighted by Gasteiger charge is -2.26. The van der Waals surface area contributed by atoms with E-state index >= 15 is 0 Å². The van der Waals surface area contributed by atoms with Gasteiger partial charge in [0.25, 0.3) is 0 Å². The Labute approximate surface area is 132 Å². The zero-order valence-electron chi connectivity index (χ0n) is 12.3. The molecule has 10 heteroatoms. The Kier molecular flexibility index (Phi) is 4.29. The largest absolute Gasteiger partial charge is 0.480 e. The maximum absolute atomic E-state index is 12.9. The molecule has 2 aromatic rings. The molecule has 0 aliphatic rings. The van der Waals surface area contributed by atoms with Gasteiger partial charge in [0, 0.05) is 4.88 Å². The summed E-state index contributed by atoms with van der Waals surface area (Å²) in [6.45, 7) is 4.40. The third kappa shape index (κ3) is 2.98. The molecule has 0 saturated carbocycles. The summed E-state index contributed by atoms with van der Waals surface area (Å²) in [6.07, 6.45) is -4.21. The maximum Gasteiger partial charge on any atom is 0.471 e. The van der Waals surface area contributed by atoms with Crippen LogP contribution in [0.25, 0.3) is 10.2 Å². The van der Waals surface area contributed by atoms with E-state index in [0.29, 0.717) is 10.4 Å². The van der Waals surface area contributed by atoms with Crippen LogP contribution in [0.5, 0.6) is 0 Å². The van der Waals surface area contributed by atoms with Crippen LogP contribution in [0.3, 0.4) is 0 Å². The van der Waals surface area contributed by atoms with Crippen molar-refractivity contribution >= 4 is 39.2 Å². The fourth-order valence-corrected chi connectivity index (χ4v) is 3.04. The number of carboxylic acids is 1. The Hall–Kier alpha value is -2.23. The lowest BCUT2D eigenvalue weighted by Crippen LogP contribution is -2.50. The monoisotopic (exact) mass is 347 g/mol. The van der Waals surface area contributed by atoms with Crippen molar-refractivity contribution in [3.63, 3.8) is 0 Å². The molecular formula is C13H12F3N3O3S. The number of fused-ring (bicyclic) bond motifs is 1. The number of carbonyl (C=O) groups is 2. The zero-order chi connectivity index (χ0) is 17.5. The highest BCUT2D eigenvalue weighted by atomic mass is 32.1. The number of halogens is 3. The first kappa shape index (κ1) is 17.1. The highest BCUT2D eigenvalue weighted by molar-refractivity contribution is 7.18. The van der Waals surface area contributed by atoms with Crippen LogP contribution >= 0.6 is 11.3 Å². The second kappa shape index (κ2) is 5.76. The molecular weight excluding hydrogens is 335 g/mol. The lowest BCUT2D eigenvalue weighted by atomic mass is 10.1. The highest BCUT2D eigenvalue weighted by Gasteiger charge is 2.47. The van der Waals surface area contributed by atoms with Crippen LogP contribution in [-0.4, -0.2) is 39.2 Å². The van der Waals surface area contributed by atoms with Gasteiger partial charge in [-0.1, -0.05) is 0 Å². The smallest absolute Gasteiger partial charge is 0.471 e. The summed E-state index contributed by atoms with van der Waals surface area (Å²) in [4.78, 5) is 32.0. The van der Waals surface area contributed by atoms with Crippen molar-refractivity contribution in [2.24, 2.45) is 0 Å². The minimum absolute atomic E-state index is 0.158. The van der Waals surface area contributed by atoms with Crippen molar-refractivity contribution in [2.45, 2.75) is 33.0 Å². The summed E-state index contributed by atoms with van der Waals surface area (Å²) < 4.78 is 38.7. The fraction of sp³-hybridized carbons (Fsp3) is 0.385. The second-order valence-electron chi connectivity index (χ2n) is 4.85. The van der Waals surface area contributed by atoms with E-state index < -0.39 is 24.1 Å². The fourth-order valence-electron chi connectivity index (χ4n) is 2.05. The number of amides is 1. The molecule has 0 spiro atoms. The summed E-state index contributed by atoms with van der Waals surface area (Å²) in [5.74, 6) is -4.20. The van der Waals surface area contributed by atoms with Gasteiger partial charge in [-0.25, -0.2) is 14.8 Å². The SMILES string of the molecule is Cc1sc2ncnc(N(C(=O)C(F)(F)F)[C@H](C)C(=O)O)c2c1C. The molecule has 1 N–H and O–H groups in total. The zero-order valence-corrected chi connectivity index (χ0v) is 13.1. The minimum Gasteiger partial charge on any atom is -0.480 e. The number of hydrogen-bond acceptors (Lipinski definition) is 5. The van der Waals surface area contributed by atoms with Crippen LogP contribution in [-0.2, 0) is 9.59 Å². The average Bonchev–Trinajstić information content (AvgIpc) is 2.74. The number of anilines is 1. The van der Waals surface area contributed by atoms with Crippen LogP contribution in [0.1, 0.15) is 17.4 Å². The van der Waals surface area contributed by atoms with Crippen molar-refractivity contribution in [1.29, 1.82) is 0 Å². The Morgan fingerprint density at radius 3 is 2.43 bits per heavy atom. The van der Waals surface area contributed by atoms with Crippen molar-refractivity contribution < 1.29 is 27.9 Å². The summed E-state index contributed by atoms with van der Waals surface area (Å²) >= 11 is 1.23. The van der Waals surface area contributed by atoms with E-state index in [0.717, 1.165) is 18.1 Å². The summed E-state index contributed by atoms with van der Waals surface area (Å²) in [7, 11) is 0. The second-order valence-corrected chi connectivity index (χ2v) is 6.05. The van der Waals surface area contributed by atoms with Gasteiger partial charge in [-0.05, 0) is 26.3 Å². The number of carboxylic acid groups (broad SMARTS) is 1. The molecule has 0 aliphatic carbocycles. The molecule has 0 fully saturated rings. The van der Waals surface area contributed by atoms with E-state index in [4.69, 9.17) is 5.11 Å².